The summed E-state index contributed by atoms with van der Waals surface area (Å²) >= 11 is 0. The molecule has 3 rings (SSSR count). The fraction of sp³-hybridized carbons (Fsp3) is 0.263. The molecule has 1 fully saturated rings. The summed E-state index contributed by atoms with van der Waals surface area (Å²) in [4.78, 5) is 26.7. The molecule has 25 heavy (non-hydrogen) atoms. The Labute approximate surface area is 146 Å². The first-order chi connectivity index (χ1) is 12.1. The molecule has 1 unspecified atom stereocenters. The predicted octanol–water partition coefficient (Wildman–Crippen LogP) is 2.70. The van der Waals surface area contributed by atoms with E-state index in [0.29, 0.717) is 35.8 Å². The lowest BCUT2D eigenvalue weighted by Gasteiger charge is -2.18. The summed E-state index contributed by atoms with van der Waals surface area (Å²) in [7, 11) is 3.10. The van der Waals surface area contributed by atoms with E-state index in [1.54, 1.807) is 49.5 Å². The van der Waals surface area contributed by atoms with Gasteiger partial charge in [-0.1, -0.05) is 18.2 Å². The number of carbonyl (C=O) groups is 2. The van der Waals surface area contributed by atoms with Crippen LogP contribution in [0.1, 0.15) is 6.42 Å². The van der Waals surface area contributed by atoms with Crippen molar-refractivity contribution < 1.29 is 19.1 Å². The van der Waals surface area contributed by atoms with Gasteiger partial charge in [-0.3, -0.25) is 9.59 Å². The van der Waals surface area contributed by atoms with Crippen LogP contribution in [0.25, 0.3) is 0 Å². The molecule has 0 aromatic heterocycles. The number of carbonyl (C=O) groups excluding carboxylic acids is 2. The Hall–Kier alpha value is -3.02. The van der Waals surface area contributed by atoms with Crippen LogP contribution in [0.3, 0.4) is 0 Å². The molecule has 130 valence electrons. The monoisotopic (exact) mass is 340 g/mol. The van der Waals surface area contributed by atoms with Crippen LogP contribution in [-0.4, -0.2) is 32.6 Å². The largest absolute Gasteiger partial charge is 0.493 e. The lowest BCUT2D eigenvalue weighted by molar-refractivity contribution is -0.129. The van der Waals surface area contributed by atoms with E-state index in [1.807, 2.05) is 18.2 Å². The van der Waals surface area contributed by atoms with Crippen molar-refractivity contribution in [1.82, 2.24) is 0 Å². The third-order valence-electron chi connectivity index (χ3n) is 4.24. The highest BCUT2D eigenvalue weighted by atomic mass is 16.5. The van der Waals surface area contributed by atoms with Crippen molar-refractivity contribution in [1.29, 1.82) is 0 Å². The number of ether oxygens (including phenoxy) is 2. The molecule has 1 aliphatic heterocycles. The fourth-order valence-corrected chi connectivity index (χ4v) is 2.92. The summed E-state index contributed by atoms with van der Waals surface area (Å²) in [6, 6.07) is 14.4. The number of hydrogen-bond acceptors (Lipinski definition) is 4. The Morgan fingerprint density at radius 3 is 2.48 bits per heavy atom. The average Bonchev–Trinajstić information content (AvgIpc) is 3.03. The van der Waals surface area contributed by atoms with E-state index in [-0.39, 0.29) is 11.8 Å². The van der Waals surface area contributed by atoms with Gasteiger partial charge in [0, 0.05) is 24.0 Å². The number of nitrogens with one attached hydrogen (secondary N) is 1. The summed E-state index contributed by atoms with van der Waals surface area (Å²) in [5.41, 5.74) is 1.38. The second-order valence-electron chi connectivity index (χ2n) is 5.73. The van der Waals surface area contributed by atoms with Gasteiger partial charge in [0.15, 0.2) is 11.5 Å². The summed E-state index contributed by atoms with van der Waals surface area (Å²) in [6.07, 6.45) is 0.478. The molecule has 0 aliphatic carbocycles. The van der Waals surface area contributed by atoms with E-state index in [0.717, 1.165) is 0 Å². The van der Waals surface area contributed by atoms with Gasteiger partial charge in [0.1, 0.15) is 5.92 Å². The van der Waals surface area contributed by atoms with Crippen molar-refractivity contribution in [2.75, 3.05) is 31.0 Å². The molecule has 0 spiro atoms. The highest BCUT2D eigenvalue weighted by molar-refractivity contribution is 6.13. The van der Waals surface area contributed by atoms with Crippen LogP contribution in [0.15, 0.2) is 48.5 Å². The second kappa shape index (κ2) is 7.25. The van der Waals surface area contributed by atoms with Crippen molar-refractivity contribution in [3.05, 3.63) is 48.5 Å². The van der Waals surface area contributed by atoms with Crippen LogP contribution in [-0.2, 0) is 9.59 Å². The minimum absolute atomic E-state index is 0.208. The molecule has 6 heteroatoms. The first-order valence-corrected chi connectivity index (χ1v) is 8.03. The van der Waals surface area contributed by atoms with E-state index >= 15 is 0 Å². The molecule has 0 bridgehead atoms. The second-order valence-corrected chi connectivity index (χ2v) is 5.73. The molecule has 2 aromatic rings. The van der Waals surface area contributed by atoms with Gasteiger partial charge in [0.25, 0.3) is 0 Å². The van der Waals surface area contributed by atoms with Crippen molar-refractivity contribution in [3.8, 4) is 11.5 Å². The SMILES string of the molecule is COc1ccc(N2CCC(C(=O)Nc3ccccc3)C2=O)cc1OC. The van der Waals surface area contributed by atoms with Crippen LogP contribution >= 0.6 is 0 Å². The van der Waals surface area contributed by atoms with Crippen molar-refractivity contribution in [3.63, 3.8) is 0 Å². The number of benzene rings is 2. The van der Waals surface area contributed by atoms with Gasteiger partial charge in [0.2, 0.25) is 11.8 Å². The van der Waals surface area contributed by atoms with Crippen molar-refractivity contribution in [2.24, 2.45) is 5.92 Å². The van der Waals surface area contributed by atoms with Gasteiger partial charge in [-0.25, -0.2) is 0 Å². The Kier molecular flexibility index (Phi) is 4.88. The van der Waals surface area contributed by atoms with Gasteiger partial charge in [-0.2, -0.15) is 0 Å². The highest BCUT2D eigenvalue weighted by Gasteiger charge is 2.37. The molecule has 2 amide bonds. The van der Waals surface area contributed by atoms with Gasteiger partial charge >= 0.3 is 0 Å². The number of methoxy groups -OCH3 is 2. The Morgan fingerprint density at radius 2 is 1.80 bits per heavy atom. The maximum absolute atomic E-state index is 12.7. The van der Waals surface area contributed by atoms with Crippen LogP contribution in [0.2, 0.25) is 0 Å². The lowest BCUT2D eigenvalue weighted by atomic mass is 10.1. The number of hydrogen-bond donors (Lipinski definition) is 1. The molecular formula is C19H20N2O4. The zero-order valence-electron chi connectivity index (χ0n) is 14.2. The molecule has 1 saturated heterocycles. The topological polar surface area (TPSA) is 67.9 Å². The fourth-order valence-electron chi connectivity index (χ4n) is 2.92. The molecule has 1 heterocycles. The van der Waals surface area contributed by atoms with Crippen LogP contribution in [0.4, 0.5) is 11.4 Å². The maximum Gasteiger partial charge on any atom is 0.239 e. The zero-order valence-corrected chi connectivity index (χ0v) is 14.2. The summed E-state index contributed by atoms with van der Waals surface area (Å²) < 4.78 is 10.5. The number of anilines is 2. The first-order valence-electron chi connectivity index (χ1n) is 8.03. The third kappa shape index (κ3) is 3.42. The molecule has 1 N–H and O–H groups in total. The van der Waals surface area contributed by atoms with Gasteiger partial charge < -0.3 is 19.7 Å². The minimum atomic E-state index is -0.687. The number of rotatable bonds is 5. The normalized spacial score (nSPS) is 16.6. The summed E-state index contributed by atoms with van der Waals surface area (Å²) in [5.74, 6) is -0.0330. The minimum Gasteiger partial charge on any atom is -0.493 e. The average molecular weight is 340 g/mol. The number of nitrogens with zero attached hydrogens (tertiary/aromatic N) is 1. The molecule has 0 radical (unpaired) electrons. The van der Waals surface area contributed by atoms with Gasteiger partial charge in [-0.15, -0.1) is 0 Å². The zero-order chi connectivity index (χ0) is 17.8. The third-order valence-corrected chi connectivity index (χ3v) is 4.24. The predicted molar refractivity (Wildman–Crippen MR) is 95.1 cm³/mol. The van der Waals surface area contributed by atoms with Crippen LogP contribution in [0.5, 0.6) is 11.5 Å². The van der Waals surface area contributed by atoms with E-state index in [9.17, 15) is 9.59 Å². The van der Waals surface area contributed by atoms with E-state index in [4.69, 9.17) is 9.47 Å². The van der Waals surface area contributed by atoms with Crippen molar-refractivity contribution >= 4 is 23.2 Å². The van der Waals surface area contributed by atoms with Gasteiger partial charge in [-0.05, 0) is 30.7 Å². The summed E-state index contributed by atoms with van der Waals surface area (Å²) in [5, 5.41) is 2.80. The number of amides is 2. The molecule has 0 saturated carbocycles. The molecule has 1 aliphatic rings. The van der Waals surface area contributed by atoms with E-state index in [1.165, 1.54) is 0 Å². The van der Waals surface area contributed by atoms with Crippen LogP contribution < -0.4 is 19.7 Å². The van der Waals surface area contributed by atoms with E-state index < -0.39 is 5.92 Å². The van der Waals surface area contributed by atoms with E-state index in [2.05, 4.69) is 5.32 Å². The molecule has 2 aromatic carbocycles. The number of para-hydroxylation sites is 1. The highest BCUT2D eigenvalue weighted by Crippen LogP contribution is 2.34. The Bertz CT molecular complexity index is 776. The summed E-state index contributed by atoms with van der Waals surface area (Å²) in [6.45, 7) is 0.487. The molecule has 6 nitrogen and oxygen atoms in total. The van der Waals surface area contributed by atoms with Crippen LogP contribution in [0, 0.1) is 5.92 Å². The first kappa shape index (κ1) is 16.8. The quantitative estimate of drug-likeness (QED) is 0.850. The van der Waals surface area contributed by atoms with Crippen molar-refractivity contribution in [2.45, 2.75) is 6.42 Å². The molecule has 1 atom stereocenters. The maximum atomic E-state index is 12.7. The lowest BCUT2D eigenvalue weighted by Crippen LogP contribution is -2.33. The van der Waals surface area contributed by atoms with Gasteiger partial charge in [0.05, 0.1) is 14.2 Å². The standard InChI is InChI=1S/C19H20N2O4/c1-24-16-9-8-14(12-17(16)25-2)21-11-10-15(19(21)23)18(22)20-13-6-4-3-5-7-13/h3-9,12,15H,10-11H2,1-2H3,(H,20,22). The Morgan fingerprint density at radius 1 is 1.08 bits per heavy atom. The Balaban J connectivity index is 1.74. The molecular weight excluding hydrogens is 320 g/mol. The smallest absolute Gasteiger partial charge is 0.239 e.